The van der Waals surface area contributed by atoms with Gasteiger partial charge in [0, 0.05) is 37.3 Å². The number of amides is 3. The average Bonchev–Trinajstić information content (AvgIpc) is 2.93. The van der Waals surface area contributed by atoms with E-state index in [1.54, 1.807) is 0 Å². The van der Waals surface area contributed by atoms with Gasteiger partial charge >= 0.3 is 12.0 Å². The Morgan fingerprint density at radius 3 is 2.90 bits per heavy atom. The van der Waals surface area contributed by atoms with Crippen LogP contribution in [-0.2, 0) is 16.0 Å². The van der Waals surface area contributed by atoms with E-state index in [0.29, 0.717) is 25.1 Å². The van der Waals surface area contributed by atoms with Crippen molar-refractivity contribution in [2.24, 2.45) is 0 Å². The third-order valence-corrected chi connectivity index (χ3v) is 3.18. The molecule has 0 bridgehead atoms. The number of nitrogens with one attached hydrogen (secondary N) is 4. The van der Waals surface area contributed by atoms with Gasteiger partial charge in [0.2, 0.25) is 5.91 Å². The Kier molecular flexibility index (Phi) is 4.75. The number of aliphatic carboxylic acids is 1. The molecule has 9 nitrogen and oxygen atoms in total. The average molecular weight is 295 g/mol. The third kappa shape index (κ3) is 4.48. The topological polar surface area (TPSA) is 136 Å². The Morgan fingerprint density at radius 2 is 2.33 bits per heavy atom. The van der Waals surface area contributed by atoms with Crippen molar-refractivity contribution < 1.29 is 19.5 Å². The number of aromatic amines is 1. The first kappa shape index (κ1) is 14.8. The lowest BCUT2D eigenvalue weighted by Gasteiger charge is -2.24. The number of imidazole rings is 1. The third-order valence-electron chi connectivity index (χ3n) is 3.18. The second kappa shape index (κ2) is 6.73. The summed E-state index contributed by atoms with van der Waals surface area (Å²) in [7, 11) is 0. The Morgan fingerprint density at radius 1 is 1.52 bits per heavy atom. The molecular formula is C12H17N5O4. The molecule has 9 heteroatoms. The van der Waals surface area contributed by atoms with Crippen molar-refractivity contribution in [3.8, 4) is 0 Å². The van der Waals surface area contributed by atoms with Crippen molar-refractivity contribution in [3.63, 3.8) is 0 Å². The van der Waals surface area contributed by atoms with Crippen LogP contribution in [0.4, 0.5) is 4.79 Å². The number of urea groups is 1. The van der Waals surface area contributed by atoms with Gasteiger partial charge in [-0.1, -0.05) is 0 Å². The van der Waals surface area contributed by atoms with E-state index in [1.807, 2.05) is 0 Å². The molecule has 1 aliphatic rings. The van der Waals surface area contributed by atoms with Crippen molar-refractivity contribution in [2.75, 3.05) is 6.54 Å². The molecule has 0 aliphatic carbocycles. The fourth-order valence-electron chi connectivity index (χ4n) is 2.06. The maximum absolute atomic E-state index is 11.8. The summed E-state index contributed by atoms with van der Waals surface area (Å²) in [6.07, 6.45) is 3.95. The van der Waals surface area contributed by atoms with Crippen LogP contribution >= 0.6 is 0 Å². The van der Waals surface area contributed by atoms with Crippen molar-refractivity contribution in [3.05, 3.63) is 18.2 Å². The molecule has 1 unspecified atom stereocenters. The predicted octanol–water partition coefficient (Wildman–Crippen LogP) is -1.02. The predicted molar refractivity (Wildman–Crippen MR) is 71.4 cm³/mol. The minimum Gasteiger partial charge on any atom is -0.480 e. The lowest BCUT2D eigenvalue weighted by Crippen LogP contribution is -2.54. The SMILES string of the molecule is O=C1CCC(NC(=O)N[C@@H](Cc2cnc[nH]2)C(=O)O)CN1. The van der Waals surface area contributed by atoms with E-state index in [9.17, 15) is 14.4 Å². The van der Waals surface area contributed by atoms with Crippen LogP contribution in [-0.4, -0.2) is 51.6 Å². The Hall–Kier alpha value is -2.58. The van der Waals surface area contributed by atoms with Crippen molar-refractivity contribution in [2.45, 2.75) is 31.3 Å². The summed E-state index contributed by atoms with van der Waals surface area (Å²) in [5.74, 6) is -1.17. The first-order valence-corrected chi connectivity index (χ1v) is 6.58. The number of carboxylic acids is 1. The molecule has 1 aromatic heterocycles. The largest absolute Gasteiger partial charge is 0.480 e. The molecule has 0 radical (unpaired) electrons. The number of nitrogens with zero attached hydrogens (tertiary/aromatic N) is 1. The molecule has 1 fully saturated rings. The van der Waals surface area contributed by atoms with Crippen LogP contribution in [0.2, 0.25) is 0 Å². The van der Waals surface area contributed by atoms with E-state index < -0.39 is 18.0 Å². The maximum atomic E-state index is 11.8. The number of rotatable bonds is 5. The Bertz CT molecular complexity index is 506. The summed E-state index contributed by atoms with van der Waals surface area (Å²) in [5, 5.41) is 16.8. The zero-order valence-electron chi connectivity index (χ0n) is 11.3. The van der Waals surface area contributed by atoms with Gasteiger partial charge in [-0.3, -0.25) is 4.79 Å². The Labute approximate surface area is 120 Å². The molecule has 0 spiro atoms. The van der Waals surface area contributed by atoms with Gasteiger partial charge in [-0.15, -0.1) is 0 Å². The molecule has 2 atom stereocenters. The van der Waals surface area contributed by atoms with Gasteiger partial charge in [-0.05, 0) is 6.42 Å². The molecule has 114 valence electrons. The van der Waals surface area contributed by atoms with E-state index >= 15 is 0 Å². The molecule has 1 saturated heterocycles. The molecule has 2 rings (SSSR count). The number of H-pyrrole nitrogens is 1. The highest BCUT2D eigenvalue weighted by molar-refractivity contribution is 5.83. The highest BCUT2D eigenvalue weighted by Crippen LogP contribution is 2.03. The molecule has 1 aromatic rings. The number of hydrogen-bond donors (Lipinski definition) is 5. The summed E-state index contributed by atoms with van der Waals surface area (Å²) >= 11 is 0. The number of piperidine rings is 1. The molecule has 5 N–H and O–H groups in total. The standard InChI is InChI=1S/C12H17N5O4/c18-10-2-1-7(5-14-10)16-12(21)17-9(11(19)20)3-8-4-13-6-15-8/h4,6-7,9H,1-3,5H2,(H,13,15)(H,14,18)(H,19,20)(H2,16,17,21)/t7?,9-/m0/s1. The summed E-state index contributed by atoms with van der Waals surface area (Å²) in [6.45, 7) is 0.352. The number of carbonyl (C=O) groups is 3. The molecule has 0 saturated carbocycles. The summed E-state index contributed by atoms with van der Waals surface area (Å²) in [5.41, 5.74) is 0.618. The second-order valence-electron chi connectivity index (χ2n) is 4.83. The van der Waals surface area contributed by atoms with Crippen LogP contribution < -0.4 is 16.0 Å². The van der Waals surface area contributed by atoms with E-state index in [4.69, 9.17) is 5.11 Å². The fourth-order valence-corrected chi connectivity index (χ4v) is 2.06. The van der Waals surface area contributed by atoms with Gasteiger partial charge in [0.25, 0.3) is 0 Å². The highest BCUT2D eigenvalue weighted by Gasteiger charge is 2.24. The van der Waals surface area contributed by atoms with Gasteiger partial charge in [-0.2, -0.15) is 0 Å². The van der Waals surface area contributed by atoms with Gasteiger partial charge in [0.05, 0.1) is 6.33 Å². The number of carboxylic acid groups (broad SMARTS) is 1. The van der Waals surface area contributed by atoms with Crippen molar-refractivity contribution in [1.82, 2.24) is 25.9 Å². The lowest BCUT2D eigenvalue weighted by molar-refractivity contribution is -0.139. The maximum Gasteiger partial charge on any atom is 0.326 e. The van der Waals surface area contributed by atoms with Crippen LogP contribution in [0.3, 0.4) is 0 Å². The Balaban J connectivity index is 1.83. The number of aromatic nitrogens is 2. The van der Waals surface area contributed by atoms with Crippen LogP contribution in [0.25, 0.3) is 0 Å². The minimum absolute atomic E-state index is 0.0453. The highest BCUT2D eigenvalue weighted by atomic mass is 16.4. The second-order valence-corrected chi connectivity index (χ2v) is 4.83. The molecule has 1 aliphatic heterocycles. The van der Waals surface area contributed by atoms with Gasteiger partial charge in [0.15, 0.2) is 0 Å². The summed E-state index contributed by atoms with van der Waals surface area (Å²) < 4.78 is 0. The van der Waals surface area contributed by atoms with Crippen LogP contribution in [0.15, 0.2) is 12.5 Å². The van der Waals surface area contributed by atoms with Crippen molar-refractivity contribution in [1.29, 1.82) is 0 Å². The summed E-state index contributed by atoms with van der Waals surface area (Å²) in [4.78, 5) is 40.6. The number of hydrogen-bond acceptors (Lipinski definition) is 4. The summed E-state index contributed by atoms with van der Waals surface area (Å²) in [6, 6.07) is -1.81. The minimum atomic E-state index is -1.13. The van der Waals surface area contributed by atoms with E-state index in [-0.39, 0.29) is 18.4 Å². The smallest absolute Gasteiger partial charge is 0.326 e. The van der Waals surface area contributed by atoms with Gasteiger partial charge in [0.1, 0.15) is 6.04 Å². The van der Waals surface area contributed by atoms with Crippen LogP contribution in [0.1, 0.15) is 18.5 Å². The van der Waals surface area contributed by atoms with E-state index in [2.05, 4.69) is 25.9 Å². The van der Waals surface area contributed by atoms with E-state index in [0.717, 1.165) is 0 Å². The molecule has 3 amide bonds. The van der Waals surface area contributed by atoms with Gasteiger partial charge in [-0.25, -0.2) is 14.6 Å². The monoisotopic (exact) mass is 295 g/mol. The van der Waals surface area contributed by atoms with Crippen LogP contribution in [0.5, 0.6) is 0 Å². The van der Waals surface area contributed by atoms with E-state index in [1.165, 1.54) is 12.5 Å². The van der Waals surface area contributed by atoms with Gasteiger partial charge < -0.3 is 26.0 Å². The molecule has 0 aromatic carbocycles. The first-order valence-electron chi connectivity index (χ1n) is 6.58. The fraction of sp³-hybridized carbons (Fsp3) is 0.500. The molecule has 21 heavy (non-hydrogen) atoms. The first-order chi connectivity index (χ1) is 10.0. The van der Waals surface area contributed by atoms with Crippen molar-refractivity contribution >= 4 is 17.9 Å². The lowest BCUT2D eigenvalue weighted by atomic mass is 10.1. The zero-order valence-corrected chi connectivity index (χ0v) is 11.3. The molecule has 2 heterocycles. The quantitative estimate of drug-likeness (QED) is 0.474. The number of carbonyl (C=O) groups excluding carboxylic acids is 2. The van der Waals surface area contributed by atoms with Crippen LogP contribution in [0, 0.1) is 0 Å². The molecular weight excluding hydrogens is 278 g/mol. The zero-order chi connectivity index (χ0) is 15.2. The normalized spacial score (nSPS) is 19.4.